The van der Waals surface area contributed by atoms with Crippen LogP contribution in [0.3, 0.4) is 0 Å². The Morgan fingerprint density at radius 2 is 2.00 bits per heavy atom. The van der Waals surface area contributed by atoms with Gasteiger partial charge in [0.05, 0.1) is 11.0 Å². The average molecular weight is 276 g/mol. The molecule has 0 saturated carbocycles. The highest BCUT2D eigenvalue weighted by atomic mass is 16.2. The molecule has 104 valence electrons. The van der Waals surface area contributed by atoms with E-state index < -0.39 is 0 Å². The van der Waals surface area contributed by atoms with Gasteiger partial charge >= 0.3 is 0 Å². The van der Waals surface area contributed by atoms with Crippen LogP contribution in [0.15, 0.2) is 48.5 Å². The van der Waals surface area contributed by atoms with E-state index in [1.165, 1.54) is 5.56 Å². The third-order valence-electron chi connectivity index (χ3n) is 3.42. The fourth-order valence-corrected chi connectivity index (χ4v) is 2.47. The summed E-state index contributed by atoms with van der Waals surface area (Å²) in [5.41, 5.74) is 4.25. The quantitative estimate of drug-likeness (QED) is 0.731. The van der Waals surface area contributed by atoms with E-state index in [2.05, 4.69) is 39.6 Å². The average Bonchev–Trinajstić information content (AvgIpc) is 2.82. The molecular formula is C18H16N2O. The first-order valence-corrected chi connectivity index (χ1v) is 6.88. The van der Waals surface area contributed by atoms with Crippen molar-refractivity contribution in [3.05, 3.63) is 65.5 Å². The van der Waals surface area contributed by atoms with Crippen LogP contribution in [0.4, 0.5) is 0 Å². The first-order chi connectivity index (χ1) is 10.3. The van der Waals surface area contributed by atoms with Crippen LogP contribution in [0.1, 0.15) is 17.0 Å². The Hall–Kier alpha value is -2.57. The minimum atomic E-state index is -0.116. The number of para-hydroxylation sites is 2. The normalized spacial score (nSPS) is 10.4. The minimum absolute atomic E-state index is 0.116. The van der Waals surface area contributed by atoms with Crippen LogP contribution in [0.5, 0.6) is 0 Å². The Morgan fingerprint density at radius 3 is 2.86 bits per heavy atom. The first kappa shape index (κ1) is 13.4. The largest absolute Gasteiger partial charge is 0.384 e. The van der Waals surface area contributed by atoms with E-state index in [1.807, 2.05) is 37.3 Å². The third-order valence-corrected chi connectivity index (χ3v) is 3.42. The molecule has 0 aliphatic rings. The topological polar surface area (TPSA) is 38.0 Å². The zero-order valence-electron chi connectivity index (χ0n) is 11.9. The molecule has 3 heteroatoms. The van der Waals surface area contributed by atoms with Crippen LogP contribution in [-0.2, 0) is 6.54 Å². The second-order valence-electron chi connectivity index (χ2n) is 4.89. The lowest BCUT2D eigenvalue weighted by Gasteiger charge is -2.07. The van der Waals surface area contributed by atoms with Crippen molar-refractivity contribution in [1.82, 2.24) is 9.55 Å². The van der Waals surface area contributed by atoms with Crippen LogP contribution in [-0.4, -0.2) is 21.3 Å². The van der Waals surface area contributed by atoms with Crippen LogP contribution in [0.2, 0.25) is 0 Å². The van der Waals surface area contributed by atoms with E-state index in [1.54, 1.807) is 0 Å². The summed E-state index contributed by atoms with van der Waals surface area (Å²) < 4.78 is 2.20. The second kappa shape index (κ2) is 5.82. The van der Waals surface area contributed by atoms with Gasteiger partial charge in [-0.15, -0.1) is 0 Å². The maximum absolute atomic E-state index is 8.77. The lowest BCUT2D eigenvalue weighted by atomic mass is 10.1. The molecule has 0 radical (unpaired) electrons. The van der Waals surface area contributed by atoms with Gasteiger partial charge in [0.1, 0.15) is 12.4 Å². The predicted octanol–water partition coefficient (Wildman–Crippen LogP) is 2.74. The van der Waals surface area contributed by atoms with Gasteiger partial charge in [0, 0.05) is 12.1 Å². The van der Waals surface area contributed by atoms with Crippen LogP contribution in [0, 0.1) is 18.8 Å². The van der Waals surface area contributed by atoms with Gasteiger partial charge in [0.25, 0.3) is 0 Å². The van der Waals surface area contributed by atoms with Gasteiger partial charge < -0.3 is 9.67 Å². The summed E-state index contributed by atoms with van der Waals surface area (Å²) >= 11 is 0. The van der Waals surface area contributed by atoms with Crippen LogP contribution in [0.25, 0.3) is 11.0 Å². The van der Waals surface area contributed by atoms with Gasteiger partial charge in [0.2, 0.25) is 0 Å². The smallest absolute Gasteiger partial charge is 0.107 e. The standard InChI is InChI=1S/C18H16N2O/c1-14-19-17-9-2-3-10-18(17)20(14)13-16-7-4-6-15(12-16)8-5-11-21/h2-4,6-7,9-10,12,21H,11,13H2,1H3. The molecule has 1 aromatic heterocycles. The highest BCUT2D eigenvalue weighted by Crippen LogP contribution is 2.17. The monoisotopic (exact) mass is 276 g/mol. The molecule has 3 nitrogen and oxygen atoms in total. The minimum Gasteiger partial charge on any atom is -0.384 e. The van der Waals surface area contributed by atoms with Crippen molar-refractivity contribution >= 4 is 11.0 Å². The molecule has 0 aliphatic carbocycles. The van der Waals surface area contributed by atoms with Crippen molar-refractivity contribution < 1.29 is 5.11 Å². The third kappa shape index (κ3) is 2.81. The highest BCUT2D eigenvalue weighted by Gasteiger charge is 2.07. The molecule has 1 heterocycles. The molecule has 0 fully saturated rings. The molecule has 0 bridgehead atoms. The summed E-state index contributed by atoms with van der Waals surface area (Å²) in [6.45, 7) is 2.67. The summed E-state index contributed by atoms with van der Waals surface area (Å²) in [5.74, 6) is 6.62. The maximum atomic E-state index is 8.77. The van der Waals surface area contributed by atoms with Crippen molar-refractivity contribution in [2.75, 3.05) is 6.61 Å². The SMILES string of the molecule is Cc1nc2ccccc2n1Cc1cccc(C#CCO)c1. The van der Waals surface area contributed by atoms with Crippen molar-refractivity contribution in [2.24, 2.45) is 0 Å². The lowest BCUT2D eigenvalue weighted by molar-refractivity contribution is 0.350. The summed E-state index contributed by atoms with van der Waals surface area (Å²) in [4.78, 5) is 4.58. The lowest BCUT2D eigenvalue weighted by Crippen LogP contribution is -2.02. The molecule has 0 aliphatic heterocycles. The van der Waals surface area contributed by atoms with Crippen molar-refractivity contribution in [3.63, 3.8) is 0 Å². The molecular weight excluding hydrogens is 260 g/mol. The summed E-state index contributed by atoms with van der Waals surface area (Å²) in [6, 6.07) is 16.2. The molecule has 3 rings (SSSR count). The first-order valence-electron chi connectivity index (χ1n) is 6.88. The Balaban J connectivity index is 1.97. The number of hydrogen-bond acceptors (Lipinski definition) is 2. The van der Waals surface area contributed by atoms with Gasteiger partial charge in [0.15, 0.2) is 0 Å². The Morgan fingerprint density at radius 1 is 1.14 bits per heavy atom. The summed E-state index contributed by atoms with van der Waals surface area (Å²) in [7, 11) is 0. The van der Waals surface area contributed by atoms with Gasteiger partial charge in [-0.2, -0.15) is 0 Å². The van der Waals surface area contributed by atoms with Crippen molar-refractivity contribution in [2.45, 2.75) is 13.5 Å². The number of aromatic nitrogens is 2. The second-order valence-corrected chi connectivity index (χ2v) is 4.89. The van der Waals surface area contributed by atoms with E-state index in [0.29, 0.717) is 0 Å². The summed E-state index contributed by atoms with van der Waals surface area (Å²) in [6.07, 6.45) is 0. The zero-order valence-corrected chi connectivity index (χ0v) is 11.9. The zero-order chi connectivity index (χ0) is 14.7. The fraction of sp³-hybridized carbons (Fsp3) is 0.167. The highest BCUT2D eigenvalue weighted by molar-refractivity contribution is 5.75. The predicted molar refractivity (Wildman–Crippen MR) is 84.0 cm³/mol. The number of aliphatic hydroxyl groups excluding tert-OH is 1. The van der Waals surface area contributed by atoms with Crippen LogP contribution >= 0.6 is 0 Å². The van der Waals surface area contributed by atoms with E-state index in [9.17, 15) is 0 Å². The van der Waals surface area contributed by atoms with E-state index in [-0.39, 0.29) is 6.61 Å². The number of fused-ring (bicyclic) bond motifs is 1. The van der Waals surface area contributed by atoms with Gasteiger partial charge in [-0.25, -0.2) is 4.98 Å². The molecule has 0 unspecified atom stereocenters. The Kier molecular flexibility index (Phi) is 3.72. The number of benzene rings is 2. The number of hydrogen-bond donors (Lipinski definition) is 1. The number of aliphatic hydroxyl groups is 1. The molecule has 0 amide bonds. The van der Waals surface area contributed by atoms with Gasteiger partial charge in [-0.05, 0) is 36.8 Å². The van der Waals surface area contributed by atoms with Gasteiger partial charge in [-0.1, -0.05) is 36.1 Å². The molecule has 3 aromatic rings. The fourth-order valence-electron chi connectivity index (χ4n) is 2.47. The van der Waals surface area contributed by atoms with Crippen molar-refractivity contribution in [1.29, 1.82) is 0 Å². The van der Waals surface area contributed by atoms with Gasteiger partial charge in [-0.3, -0.25) is 0 Å². The van der Waals surface area contributed by atoms with E-state index >= 15 is 0 Å². The molecule has 0 spiro atoms. The van der Waals surface area contributed by atoms with Crippen LogP contribution < -0.4 is 0 Å². The Bertz CT molecular complexity index is 837. The number of imidazole rings is 1. The number of nitrogens with zero attached hydrogens (tertiary/aromatic N) is 2. The molecule has 0 saturated heterocycles. The molecule has 21 heavy (non-hydrogen) atoms. The molecule has 2 aromatic carbocycles. The summed E-state index contributed by atoms with van der Waals surface area (Å²) in [5, 5.41) is 8.77. The van der Waals surface area contributed by atoms with Crippen molar-refractivity contribution in [3.8, 4) is 11.8 Å². The number of rotatable bonds is 2. The Labute approximate surface area is 123 Å². The maximum Gasteiger partial charge on any atom is 0.107 e. The molecule has 1 N–H and O–H groups in total. The van der Waals surface area contributed by atoms with E-state index in [0.717, 1.165) is 29.0 Å². The number of aryl methyl sites for hydroxylation is 1. The van der Waals surface area contributed by atoms with E-state index in [4.69, 9.17) is 5.11 Å². The molecule has 0 atom stereocenters.